The molecule has 0 fully saturated rings. The van der Waals surface area contributed by atoms with E-state index in [-0.39, 0.29) is 0 Å². The summed E-state index contributed by atoms with van der Waals surface area (Å²) in [6.07, 6.45) is 0.614. The van der Waals surface area contributed by atoms with Crippen molar-refractivity contribution < 1.29 is 4.79 Å². The molecule has 0 atom stereocenters. The van der Waals surface area contributed by atoms with Crippen molar-refractivity contribution in [2.45, 2.75) is 6.42 Å². The molecule has 0 aliphatic rings. The Labute approximate surface area is 73.5 Å². The van der Waals surface area contributed by atoms with Crippen LogP contribution in [0.4, 0.5) is 0 Å². The first-order valence-corrected chi connectivity index (χ1v) is 4.76. The number of hydrogen-bond donors (Lipinski definition) is 0. The first-order valence-electron chi connectivity index (χ1n) is 3.11. The molecule has 0 heterocycles. The summed E-state index contributed by atoms with van der Waals surface area (Å²) >= 11 is 0.725. The Morgan fingerprint density at radius 3 is 2.40 bits per heavy atom. The van der Waals surface area contributed by atoms with Crippen LogP contribution in [0.5, 0.6) is 0 Å². The van der Waals surface area contributed by atoms with Gasteiger partial charge in [-0.25, -0.2) is 0 Å². The maximum atomic E-state index is 10.7. The number of hydrogen-bond acceptors (Lipinski definition) is 1. The third kappa shape index (κ3) is 2.52. The van der Waals surface area contributed by atoms with Gasteiger partial charge in [0.05, 0.1) is 0 Å². The van der Waals surface area contributed by atoms with Crippen molar-refractivity contribution >= 4 is 26.3 Å². The van der Waals surface area contributed by atoms with Gasteiger partial charge >= 0.3 is 73.4 Å². The minimum absolute atomic E-state index is 0.344. The normalized spacial score (nSPS) is 9.30. The summed E-state index contributed by atoms with van der Waals surface area (Å²) in [5.74, 6) is 0. The van der Waals surface area contributed by atoms with Crippen molar-refractivity contribution in [3.63, 3.8) is 0 Å². The van der Waals surface area contributed by atoms with Crippen LogP contribution in [0.2, 0.25) is 0 Å². The molecule has 2 heteroatoms. The Bertz CT molecular complexity index is 218. The Kier molecular flexibility index (Phi) is 2.93. The fourth-order valence-corrected chi connectivity index (χ4v) is 1.47. The molecule has 2 radical (unpaired) electrons. The molecule has 1 aromatic carbocycles. The Balaban J connectivity index is 2.67. The zero-order valence-corrected chi connectivity index (χ0v) is 8.88. The van der Waals surface area contributed by atoms with E-state index >= 15 is 0 Å². The van der Waals surface area contributed by atoms with Crippen LogP contribution in [0.25, 0.3) is 0 Å². The molecule has 50 valence electrons. The van der Waals surface area contributed by atoms with Gasteiger partial charge in [-0.05, 0) is 0 Å². The molecule has 0 bridgehead atoms. The van der Waals surface area contributed by atoms with E-state index in [1.165, 1.54) is 0 Å². The first-order chi connectivity index (χ1) is 4.79. The predicted octanol–water partition coefficient (Wildman–Crippen LogP) is 0.656. The van der Waals surface area contributed by atoms with Gasteiger partial charge in [-0.2, -0.15) is 0 Å². The van der Waals surface area contributed by atoms with Crippen molar-refractivity contribution in [2.24, 2.45) is 0 Å². The third-order valence-electron chi connectivity index (χ3n) is 1.22. The van der Waals surface area contributed by atoms with Crippen LogP contribution in [-0.2, 0) is 11.2 Å². The van der Waals surface area contributed by atoms with E-state index in [4.69, 9.17) is 0 Å². The second-order valence-corrected chi connectivity index (χ2v) is 3.97. The molecule has 0 aliphatic carbocycles. The topological polar surface area (TPSA) is 17.1 Å². The van der Waals surface area contributed by atoms with Crippen molar-refractivity contribution in [1.82, 2.24) is 0 Å². The molecule has 10 heavy (non-hydrogen) atoms. The number of rotatable bonds is 2. The molecule has 0 aromatic heterocycles. The Hall–Kier alpha value is -0.311. The second kappa shape index (κ2) is 3.76. The Morgan fingerprint density at radius 2 is 1.90 bits per heavy atom. The molecule has 0 aliphatic heterocycles. The van der Waals surface area contributed by atoms with Gasteiger partial charge in [0.15, 0.2) is 0 Å². The molecule has 0 amide bonds. The van der Waals surface area contributed by atoms with Crippen LogP contribution in [-0.4, -0.2) is 26.3 Å². The summed E-state index contributed by atoms with van der Waals surface area (Å²) in [5, 5.41) is 0. The fraction of sp³-hybridized carbons (Fsp3) is 0.125. The van der Waals surface area contributed by atoms with Crippen LogP contribution in [0.1, 0.15) is 5.56 Å². The molecule has 0 spiro atoms. The van der Waals surface area contributed by atoms with Crippen molar-refractivity contribution in [1.29, 1.82) is 0 Å². The van der Waals surface area contributed by atoms with Gasteiger partial charge in [0, 0.05) is 0 Å². The number of benzene rings is 1. The van der Waals surface area contributed by atoms with Crippen molar-refractivity contribution in [2.75, 3.05) is 0 Å². The van der Waals surface area contributed by atoms with Crippen molar-refractivity contribution in [3.8, 4) is 0 Å². The van der Waals surface area contributed by atoms with E-state index in [1.54, 1.807) is 0 Å². The van der Waals surface area contributed by atoms with Crippen LogP contribution in [0.3, 0.4) is 0 Å². The summed E-state index contributed by atoms with van der Waals surface area (Å²) in [6, 6.07) is 9.83. The van der Waals surface area contributed by atoms with E-state index in [2.05, 4.69) is 0 Å². The molecule has 0 saturated carbocycles. The van der Waals surface area contributed by atoms with Gasteiger partial charge in [-0.3, -0.25) is 0 Å². The zero-order valence-electron chi connectivity index (χ0n) is 5.58. The van der Waals surface area contributed by atoms with Crippen LogP contribution in [0, 0.1) is 0 Å². The van der Waals surface area contributed by atoms with Crippen LogP contribution < -0.4 is 0 Å². The van der Waals surface area contributed by atoms with E-state index in [9.17, 15) is 4.79 Å². The van der Waals surface area contributed by atoms with Gasteiger partial charge < -0.3 is 0 Å². The molecule has 1 rings (SSSR count). The molecular formula is C8H8OSn. The van der Waals surface area contributed by atoms with E-state index < -0.39 is 0 Å². The third-order valence-corrected chi connectivity index (χ3v) is 1.80. The summed E-state index contributed by atoms with van der Waals surface area (Å²) in [6.45, 7) is 0. The SMILES string of the molecule is O=[C]([SnH])Cc1ccccc1. The molecule has 1 nitrogen and oxygen atoms in total. The average Bonchev–Trinajstić information content (AvgIpc) is 1.88. The molecule has 0 N–H and O–H groups in total. The average molecular weight is 239 g/mol. The predicted molar refractivity (Wildman–Crippen MR) is 42.3 cm³/mol. The van der Waals surface area contributed by atoms with E-state index in [0.29, 0.717) is 10.2 Å². The van der Waals surface area contributed by atoms with Crippen LogP contribution >= 0.6 is 0 Å². The summed E-state index contributed by atoms with van der Waals surface area (Å²) in [7, 11) is 0. The monoisotopic (exact) mass is 240 g/mol. The maximum absolute atomic E-state index is 10.7. The van der Waals surface area contributed by atoms with Gasteiger partial charge in [-0.15, -0.1) is 0 Å². The molecule has 0 unspecified atom stereocenters. The van der Waals surface area contributed by atoms with E-state index in [1.807, 2.05) is 30.3 Å². The van der Waals surface area contributed by atoms with Gasteiger partial charge in [0.25, 0.3) is 0 Å². The zero-order chi connectivity index (χ0) is 7.40. The second-order valence-electron chi connectivity index (χ2n) is 2.13. The first kappa shape index (κ1) is 7.79. The van der Waals surface area contributed by atoms with Gasteiger partial charge in [0.2, 0.25) is 0 Å². The standard InChI is InChI=1S/C8H7O.Sn.H/c9-7-6-8-4-2-1-3-5-8;;/h1-5H,6H2;;. The van der Waals surface area contributed by atoms with Gasteiger partial charge in [-0.1, -0.05) is 0 Å². The summed E-state index contributed by atoms with van der Waals surface area (Å²) in [5.41, 5.74) is 1.13. The number of carbonyl (C=O) groups is 1. The van der Waals surface area contributed by atoms with E-state index in [0.717, 1.165) is 28.1 Å². The molecule has 0 saturated heterocycles. The molecule has 1 aromatic rings. The quantitative estimate of drug-likeness (QED) is 0.692. The van der Waals surface area contributed by atoms with Crippen molar-refractivity contribution in [3.05, 3.63) is 35.9 Å². The Morgan fingerprint density at radius 1 is 1.30 bits per heavy atom. The summed E-state index contributed by atoms with van der Waals surface area (Å²) in [4.78, 5) is 10.7. The summed E-state index contributed by atoms with van der Waals surface area (Å²) < 4.78 is 0.344. The minimum atomic E-state index is 0.344. The fourth-order valence-electron chi connectivity index (χ4n) is 0.797. The molecular weight excluding hydrogens is 231 g/mol. The number of carbonyl (C=O) groups excluding carboxylic acids is 1. The van der Waals surface area contributed by atoms with Crippen LogP contribution in [0.15, 0.2) is 30.3 Å². The van der Waals surface area contributed by atoms with Gasteiger partial charge in [0.1, 0.15) is 0 Å².